The van der Waals surface area contributed by atoms with E-state index in [0.717, 1.165) is 0 Å². The molecule has 0 amide bonds. The van der Waals surface area contributed by atoms with E-state index in [9.17, 15) is 9.59 Å². The molecule has 0 rings (SSSR count). The second kappa shape index (κ2) is 8.65. The van der Waals surface area contributed by atoms with Crippen molar-refractivity contribution >= 4 is 35.1 Å². The minimum atomic E-state index is -0.628. The van der Waals surface area contributed by atoms with Gasteiger partial charge in [0.15, 0.2) is 0 Å². The molecule has 0 heterocycles. The number of alkyl halides is 2. The lowest BCUT2D eigenvalue weighted by Crippen LogP contribution is -2.17. The second-order valence-electron chi connectivity index (χ2n) is 3.27. The molecule has 16 heavy (non-hydrogen) atoms. The minimum Gasteiger partial charge on any atom is -0.468 e. The van der Waals surface area contributed by atoms with Gasteiger partial charge in [-0.1, -0.05) is 12.8 Å². The molecule has 0 radical (unpaired) electrons. The molecule has 0 saturated carbocycles. The highest BCUT2D eigenvalue weighted by Gasteiger charge is 2.17. The first-order chi connectivity index (χ1) is 7.52. The molecule has 0 aliphatic rings. The zero-order valence-corrected chi connectivity index (χ0v) is 10.9. The summed E-state index contributed by atoms with van der Waals surface area (Å²) in [6, 6.07) is 0. The van der Waals surface area contributed by atoms with Crippen molar-refractivity contribution in [2.75, 3.05) is 14.2 Å². The molecule has 0 aliphatic carbocycles. The lowest BCUT2D eigenvalue weighted by Gasteiger charge is -2.08. The summed E-state index contributed by atoms with van der Waals surface area (Å²) in [5.74, 6) is -0.867. The van der Waals surface area contributed by atoms with Crippen LogP contribution in [0.15, 0.2) is 0 Å². The van der Waals surface area contributed by atoms with E-state index in [1.54, 1.807) is 0 Å². The number of unbranched alkanes of at least 4 members (excludes halogenated alkanes) is 1. The fraction of sp³-hybridized carbons (Fsp3) is 0.800. The number of esters is 2. The van der Waals surface area contributed by atoms with Crippen LogP contribution in [0.5, 0.6) is 0 Å². The molecule has 0 aromatic heterocycles. The molecular weight excluding hydrogens is 255 g/mol. The maximum absolute atomic E-state index is 10.9. The lowest BCUT2D eigenvalue weighted by molar-refractivity contribution is -0.141. The molecule has 0 bridgehead atoms. The third-order valence-corrected chi connectivity index (χ3v) is 2.87. The van der Waals surface area contributed by atoms with Gasteiger partial charge < -0.3 is 9.47 Å². The van der Waals surface area contributed by atoms with Gasteiger partial charge in [-0.15, -0.1) is 23.2 Å². The molecular formula is C10H16Cl2O4. The van der Waals surface area contributed by atoms with E-state index in [2.05, 4.69) is 9.47 Å². The monoisotopic (exact) mass is 270 g/mol. The van der Waals surface area contributed by atoms with Crippen molar-refractivity contribution in [1.82, 2.24) is 0 Å². The Labute approximate surface area is 105 Å². The number of methoxy groups -OCH3 is 2. The van der Waals surface area contributed by atoms with E-state index in [0.29, 0.717) is 25.7 Å². The standard InChI is InChI=1S/C10H16Cl2O4/c1-15-9(13)7(11)5-3-4-6-8(12)10(14)16-2/h7-8H,3-6H2,1-2H3. The third kappa shape index (κ3) is 6.18. The maximum atomic E-state index is 10.9. The molecule has 0 fully saturated rings. The van der Waals surface area contributed by atoms with Crippen LogP contribution in [-0.2, 0) is 19.1 Å². The molecule has 0 aliphatic heterocycles. The third-order valence-electron chi connectivity index (χ3n) is 2.08. The van der Waals surface area contributed by atoms with E-state index in [4.69, 9.17) is 23.2 Å². The quantitative estimate of drug-likeness (QED) is 0.404. The van der Waals surface area contributed by atoms with Gasteiger partial charge >= 0.3 is 11.9 Å². The zero-order valence-electron chi connectivity index (χ0n) is 9.37. The Bertz CT molecular complexity index is 209. The van der Waals surface area contributed by atoms with Gasteiger partial charge in [0.2, 0.25) is 0 Å². The summed E-state index contributed by atoms with van der Waals surface area (Å²) in [5.41, 5.74) is 0. The molecule has 2 atom stereocenters. The number of ether oxygens (including phenoxy) is 2. The normalized spacial score (nSPS) is 14.0. The number of carbonyl (C=O) groups excluding carboxylic acids is 2. The van der Waals surface area contributed by atoms with Crippen LogP contribution in [-0.4, -0.2) is 36.9 Å². The van der Waals surface area contributed by atoms with Gasteiger partial charge in [-0.3, -0.25) is 9.59 Å². The van der Waals surface area contributed by atoms with Crippen molar-refractivity contribution in [3.8, 4) is 0 Å². The molecule has 0 aromatic rings. The predicted octanol–water partition coefficient (Wildman–Crippen LogP) is 2.11. The highest BCUT2D eigenvalue weighted by atomic mass is 35.5. The van der Waals surface area contributed by atoms with Crippen molar-refractivity contribution in [3.05, 3.63) is 0 Å². The van der Waals surface area contributed by atoms with Crippen LogP contribution in [0.2, 0.25) is 0 Å². The van der Waals surface area contributed by atoms with Gasteiger partial charge in [-0.05, 0) is 12.8 Å². The van der Waals surface area contributed by atoms with Crippen LogP contribution < -0.4 is 0 Å². The first kappa shape index (κ1) is 15.5. The largest absolute Gasteiger partial charge is 0.468 e. The average Bonchev–Trinajstić information content (AvgIpc) is 2.31. The summed E-state index contributed by atoms with van der Waals surface area (Å²) in [6.45, 7) is 0. The van der Waals surface area contributed by atoms with Gasteiger partial charge in [-0.2, -0.15) is 0 Å². The number of hydrogen-bond donors (Lipinski definition) is 0. The van der Waals surface area contributed by atoms with Gasteiger partial charge in [0.1, 0.15) is 10.8 Å². The second-order valence-corrected chi connectivity index (χ2v) is 4.32. The molecule has 0 spiro atoms. The molecule has 94 valence electrons. The number of carbonyl (C=O) groups is 2. The topological polar surface area (TPSA) is 52.6 Å². The smallest absolute Gasteiger partial charge is 0.323 e. The van der Waals surface area contributed by atoms with Crippen LogP contribution in [0.1, 0.15) is 25.7 Å². The Morgan fingerprint density at radius 2 is 1.25 bits per heavy atom. The van der Waals surface area contributed by atoms with Crippen molar-refractivity contribution in [1.29, 1.82) is 0 Å². The molecule has 0 N–H and O–H groups in total. The Morgan fingerprint density at radius 1 is 0.938 bits per heavy atom. The lowest BCUT2D eigenvalue weighted by atomic mass is 10.1. The average molecular weight is 271 g/mol. The molecule has 0 saturated heterocycles. The van der Waals surface area contributed by atoms with Crippen molar-refractivity contribution in [2.24, 2.45) is 0 Å². The summed E-state index contributed by atoms with van der Waals surface area (Å²) >= 11 is 11.5. The van der Waals surface area contributed by atoms with Crippen LogP contribution in [0.4, 0.5) is 0 Å². The summed E-state index contributed by atoms with van der Waals surface area (Å²) in [6.07, 6.45) is 2.45. The van der Waals surface area contributed by atoms with E-state index in [1.165, 1.54) is 14.2 Å². The molecule has 4 nitrogen and oxygen atoms in total. The predicted molar refractivity (Wildman–Crippen MR) is 61.8 cm³/mol. The Hall–Kier alpha value is -0.480. The minimum absolute atomic E-state index is 0.433. The Balaban J connectivity index is 3.60. The van der Waals surface area contributed by atoms with Gasteiger partial charge in [-0.25, -0.2) is 0 Å². The molecule has 2 unspecified atom stereocenters. The van der Waals surface area contributed by atoms with E-state index < -0.39 is 22.7 Å². The SMILES string of the molecule is COC(=O)C(Cl)CCCCC(Cl)C(=O)OC. The van der Waals surface area contributed by atoms with Crippen molar-refractivity contribution in [3.63, 3.8) is 0 Å². The fourth-order valence-corrected chi connectivity index (χ4v) is 1.63. The highest BCUT2D eigenvalue weighted by Crippen LogP contribution is 2.14. The Morgan fingerprint density at radius 3 is 1.50 bits per heavy atom. The van der Waals surface area contributed by atoms with Crippen molar-refractivity contribution < 1.29 is 19.1 Å². The van der Waals surface area contributed by atoms with Gasteiger partial charge in [0.05, 0.1) is 14.2 Å². The van der Waals surface area contributed by atoms with Gasteiger partial charge in [0, 0.05) is 0 Å². The molecule has 0 aromatic carbocycles. The molecule has 6 heteroatoms. The van der Waals surface area contributed by atoms with Crippen molar-refractivity contribution in [2.45, 2.75) is 36.4 Å². The summed E-state index contributed by atoms with van der Waals surface area (Å²) in [5, 5.41) is -1.26. The van der Waals surface area contributed by atoms with Crippen LogP contribution in [0, 0.1) is 0 Å². The highest BCUT2D eigenvalue weighted by molar-refractivity contribution is 6.30. The Kier molecular flexibility index (Phi) is 8.39. The summed E-state index contributed by atoms with van der Waals surface area (Å²) < 4.78 is 8.95. The number of rotatable bonds is 7. The summed E-state index contributed by atoms with van der Waals surface area (Å²) in [4.78, 5) is 21.9. The van der Waals surface area contributed by atoms with Crippen LogP contribution in [0.3, 0.4) is 0 Å². The van der Waals surface area contributed by atoms with Crippen LogP contribution in [0.25, 0.3) is 0 Å². The first-order valence-electron chi connectivity index (χ1n) is 4.96. The van der Waals surface area contributed by atoms with Crippen LogP contribution >= 0.6 is 23.2 Å². The van der Waals surface area contributed by atoms with E-state index in [-0.39, 0.29) is 0 Å². The van der Waals surface area contributed by atoms with E-state index in [1.807, 2.05) is 0 Å². The van der Waals surface area contributed by atoms with Gasteiger partial charge in [0.25, 0.3) is 0 Å². The first-order valence-corrected chi connectivity index (χ1v) is 5.84. The maximum Gasteiger partial charge on any atom is 0.323 e. The number of halogens is 2. The fourth-order valence-electron chi connectivity index (χ4n) is 1.14. The number of hydrogen-bond acceptors (Lipinski definition) is 4. The summed E-state index contributed by atoms with van der Waals surface area (Å²) in [7, 11) is 2.59. The van der Waals surface area contributed by atoms with E-state index >= 15 is 0 Å². The zero-order chi connectivity index (χ0) is 12.6.